The van der Waals surface area contributed by atoms with Crippen LogP contribution in [0.1, 0.15) is 5.56 Å². The molecule has 0 spiro atoms. The van der Waals surface area contributed by atoms with E-state index in [-0.39, 0.29) is 0 Å². The third kappa shape index (κ3) is 2.62. The summed E-state index contributed by atoms with van der Waals surface area (Å²) in [6.45, 7) is 1.97. The molecule has 5 heteroatoms. The second-order valence-electron chi connectivity index (χ2n) is 3.07. The largest absolute Gasteiger partial charge is 0.346 e. The van der Waals surface area contributed by atoms with Crippen molar-refractivity contribution in [1.82, 2.24) is 4.98 Å². The monoisotopic (exact) mass is 258 g/mol. The van der Waals surface area contributed by atoms with Gasteiger partial charge in [0, 0.05) is 10.7 Å². The minimum Gasteiger partial charge on any atom is -0.346 e. The molecule has 0 unspecified atom stereocenters. The lowest BCUT2D eigenvalue weighted by Gasteiger charge is -2.04. The Hall–Kier alpha value is -0.770. The first kappa shape index (κ1) is 10.7. The lowest BCUT2D eigenvalue weighted by atomic mass is 10.2. The molecule has 2 nitrogen and oxygen atoms in total. The van der Waals surface area contributed by atoms with Crippen LogP contribution >= 0.6 is 34.5 Å². The lowest BCUT2D eigenvalue weighted by Crippen LogP contribution is -1.87. The van der Waals surface area contributed by atoms with Gasteiger partial charge in [-0.25, -0.2) is 4.98 Å². The Morgan fingerprint density at radius 3 is 2.73 bits per heavy atom. The second-order valence-corrected chi connectivity index (χ2v) is 5.09. The van der Waals surface area contributed by atoms with Crippen LogP contribution in [0.3, 0.4) is 0 Å². The minimum absolute atomic E-state index is 0.524. The maximum Gasteiger partial charge on any atom is 0.185 e. The van der Waals surface area contributed by atoms with Crippen molar-refractivity contribution in [3.63, 3.8) is 0 Å². The highest BCUT2D eigenvalue weighted by molar-refractivity contribution is 7.19. The van der Waals surface area contributed by atoms with Crippen molar-refractivity contribution in [3.05, 3.63) is 39.4 Å². The summed E-state index contributed by atoms with van der Waals surface area (Å²) < 4.78 is 0.524. The van der Waals surface area contributed by atoms with Crippen LogP contribution in [0.2, 0.25) is 9.49 Å². The van der Waals surface area contributed by atoms with Crippen molar-refractivity contribution in [2.45, 2.75) is 6.92 Å². The molecule has 0 saturated carbocycles. The van der Waals surface area contributed by atoms with Crippen molar-refractivity contribution in [2.75, 3.05) is 5.32 Å². The van der Waals surface area contributed by atoms with Crippen LogP contribution in [0.5, 0.6) is 0 Å². The number of aryl methyl sites for hydroxylation is 1. The van der Waals surface area contributed by atoms with E-state index in [4.69, 9.17) is 23.2 Å². The molecule has 1 N–H and O–H groups in total. The predicted molar refractivity (Wildman–Crippen MR) is 66.6 cm³/mol. The van der Waals surface area contributed by atoms with Crippen LogP contribution in [0, 0.1) is 6.92 Å². The number of nitrogens with one attached hydrogen (secondary N) is 1. The van der Waals surface area contributed by atoms with Gasteiger partial charge in [-0.3, -0.25) is 0 Å². The third-order valence-corrected chi connectivity index (χ3v) is 3.35. The number of hydrogen-bond donors (Lipinski definition) is 1. The zero-order valence-corrected chi connectivity index (χ0v) is 10.2. The quantitative estimate of drug-likeness (QED) is 0.858. The van der Waals surface area contributed by atoms with E-state index in [1.165, 1.54) is 11.3 Å². The van der Waals surface area contributed by atoms with Gasteiger partial charge >= 0.3 is 0 Å². The Bertz CT molecular complexity index is 482. The zero-order valence-electron chi connectivity index (χ0n) is 7.92. The lowest BCUT2D eigenvalue weighted by molar-refractivity contribution is 1.41. The molecule has 0 aliphatic rings. The summed E-state index contributed by atoms with van der Waals surface area (Å²) in [6.07, 6.45) is 1.70. The highest BCUT2D eigenvalue weighted by Gasteiger charge is 2.01. The summed E-state index contributed by atoms with van der Waals surface area (Å²) in [6, 6.07) is 5.81. The van der Waals surface area contributed by atoms with Gasteiger partial charge in [0.1, 0.15) is 5.00 Å². The van der Waals surface area contributed by atoms with Crippen LogP contribution < -0.4 is 5.32 Å². The number of rotatable bonds is 2. The first-order valence-electron chi connectivity index (χ1n) is 4.29. The molecule has 0 bridgehead atoms. The Balaban J connectivity index is 2.21. The molecule has 0 amide bonds. The molecule has 0 atom stereocenters. The summed E-state index contributed by atoms with van der Waals surface area (Å²) in [7, 11) is 0. The first-order valence-corrected chi connectivity index (χ1v) is 5.87. The predicted octanol–water partition coefficient (Wildman–Crippen LogP) is 4.50. The number of halogens is 2. The molecular weight excluding hydrogens is 251 g/mol. The fourth-order valence-corrected chi connectivity index (χ4v) is 2.16. The van der Waals surface area contributed by atoms with Gasteiger partial charge < -0.3 is 5.32 Å². The SMILES string of the molecule is Cc1ccc(Nc2cnc(Cl)s2)cc1Cl. The molecule has 1 aromatic carbocycles. The number of anilines is 2. The van der Waals surface area contributed by atoms with Crippen LogP contribution in [0.4, 0.5) is 10.7 Å². The van der Waals surface area contributed by atoms with E-state index < -0.39 is 0 Å². The van der Waals surface area contributed by atoms with Gasteiger partial charge in [0.2, 0.25) is 0 Å². The number of aromatic nitrogens is 1. The molecule has 78 valence electrons. The molecular formula is C10H8Cl2N2S. The highest BCUT2D eigenvalue weighted by atomic mass is 35.5. The Kier molecular flexibility index (Phi) is 3.14. The molecule has 2 aromatic rings. The van der Waals surface area contributed by atoms with Gasteiger partial charge in [-0.1, -0.05) is 40.6 Å². The summed E-state index contributed by atoms with van der Waals surface area (Å²) >= 11 is 13.1. The minimum atomic E-state index is 0.524. The summed E-state index contributed by atoms with van der Waals surface area (Å²) in [5, 5.41) is 4.83. The van der Waals surface area contributed by atoms with E-state index in [0.29, 0.717) is 4.47 Å². The van der Waals surface area contributed by atoms with Gasteiger partial charge in [0.25, 0.3) is 0 Å². The fourth-order valence-electron chi connectivity index (χ4n) is 1.12. The third-order valence-electron chi connectivity index (χ3n) is 1.92. The summed E-state index contributed by atoms with van der Waals surface area (Å²) in [5.41, 5.74) is 2.00. The summed E-state index contributed by atoms with van der Waals surface area (Å²) in [5.74, 6) is 0. The Morgan fingerprint density at radius 2 is 2.13 bits per heavy atom. The molecule has 2 rings (SSSR count). The van der Waals surface area contributed by atoms with Crippen molar-refractivity contribution in [2.24, 2.45) is 0 Å². The van der Waals surface area contributed by atoms with Gasteiger partial charge in [-0.05, 0) is 24.6 Å². The van der Waals surface area contributed by atoms with Crippen molar-refractivity contribution in [1.29, 1.82) is 0 Å². The van der Waals surface area contributed by atoms with Crippen molar-refractivity contribution in [3.8, 4) is 0 Å². The second kappa shape index (κ2) is 4.39. The van der Waals surface area contributed by atoms with Crippen LogP contribution in [-0.2, 0) is 0 Å². The Morgan fingerprint density at radius 1 is 1.33 bits per heavy atom. The van der Waals surface area contributed by atoms with Crippen LogP contribution in [0.15, 0.2) is 24.4 Å². The number of thiazole rings is 1. The molecule has 0 radical (unpaired) electrons. The van der Waals surface area contributed by atoms with Gasteiger partial charge in [0.15, 0.2) is 4.47 Å². The average Bonchev–Trinajstić information content (AvgIpc) is 2.58. The molecule has 0 aliphatic carbocycles. The van der Waals surface area contributed by atoms with E-state index in [2.05, 4.69) is 10.3 Å². The molecule has 0 fully saturated rings. The molecule has 1 heterocycles. The maximum absolute atomic E-state index is 6.01. The van der Waals surface area contributed by atoms with Gasteiger partial charge in [0.05, 0.1) is 6.20 Å². The zero-order chi connectivity index (χ0) is 10.8. The smallest absolute Gasteiger partial charge is 0.185 e. The van der Waals surface area contributed by atoms with E-state index in [9.17, 15) is 0 Å². The van der Waals surface area contributed by atoms with E-state index in [1.807, 2.05) is 25.1 Å². The summed E-state index contributed by atoms with van der Waals surface area (Å²) in [4.78, 5) is 3.94. The Labute approximate surface area is 102 Å². The van der Waals surface area contributed by atoms with Gasteiger partial charge in [-0.2, -0.15) is 0 Å². The molecule has 0 saturated heterocycles. The molecule has 0 aliphatic heterocycles. The van der Waals surface area contributed by atoms with Crippen molar-refractivity contribution < 1.29 is 0 Å². The molecule has 15 heavy (non-hydrogen) atoms. The molecule has 1 aromatic heterocycles. The highest BCUT2D eigenvalue weighted by Crippen LogP contribution is 2.28. The fraction of sp³-hybridized carbons (Fsp3) is 0.100. The maximum atomic E-state index is 6.01. The number of nitrogens with zero attached hydrogens (tertiary/aromatic N) is 1. The number of hydrogen-bond acceptors (Lipinski definition) is 3. The first-order chi connectivity index (χ1) is 7.15. The van der Waals surface area contributed by atoms with E-state index in [1.54, 1.807) is 6.20 Å². The van der Waals surface area contributed by atoms with E-state index in [0.717, 1.165) is 21.3 Å². The topological polar surface area (TPSA) is 24.9 Å². The van der Waals surface area contributed by atoms with Crippen molar-refractivity contribution >= 4 is 45.2 Å². The van der Waals surface area contributed by atoms with Crippen LogP contribution in [-0.4, -0.2) is 4.98 Å². The standard InChI is InChI=1S/C10H8Cl2N2S/c1-6-2-3-7(4-8(6)11)14-9-5-13-10(12)15-9/h2-5,14H,1H3. The van der Waals surface area contributed by atoms with Gasteiger partial charge in [-0.15, -0.1) is 0 Å². The van der Waals surface area contributed by atoms with E-state index >= 15 is 0 Å². The average molecular weight is 259 g/mol. The normalized spacial score (nSPS) is 10.3. The van der Waals surface area contributed by atoms with Crippen LogP contribution in [0.25, 0.3) is 0 Å². The number of benzene rings is 1.